The molecule has 0 spiro atoms. The lowest BCUT2D eigenvalue weighted by molar-refractivity contribution is 0.302. The third-order valence-corrected chi connectivity index (χ3v) is 4.64. The highest BCUT2D eigenvalue weighted by atomic mass is 14.7. The Morgan fingerprint density at radius 3 is 2.13 bits per heavy atom. The van der Waals surface area contributed by atoms with Gasteiger partial charge >= 0.3 is 0 Å². The van der Waals surface area contributed by atoms with Crippen LogP contribution >= 0.6 is 0 Å². The van der Waals surface area contributed by atoms with Crippen molar-refractivity contribution in [3.8, 4) is 0 Å². The van der Waals surface area contributed by atoms with E-state index >= 15 is 0 Å². The highest BCUT2D eigenvalue weighted by Gasteiger charge is 2.23. The van der Waals surface area contributed by atoms with Crippen LogP contribution in [0.3, 0.4) is 0 Å². The fourth-order valence-electron chi connectivity index (χ4n) is 3.53. The van der Waals surface area contributed by atoms with Crippen molar-refractivity contribution in [3.63, 3.8) is 0 Å². The van der Waals surface area contributed by atoms with Crippen molar-refractivity contribution >= 4 is 0 Å². The second kappa shape index (κ2) is 5.89. The molecular formula is C14H27N. The Labute approximate surface area is 94.8 Å². The van der Waals surface area contributed by atoms with Gasteiger partial charge in [0.25, 0.3) is 0 Å². The van der Waals surface area contributed by atoms with Gasteiger partial charge in [0.1, 0.15) is 0 Å². The van der Waals surface area contributed by atoms with E-state index in [0.29, 0.717) is 6.04 Å². The predicted octanol–water partition coefficient (Wildman–Crippen LogP) is 3.86. The Hall–Kier alpha value is -0.0400. The topological polar surface area (TPSA) is 26.0 Å². The van der Waals surface area contributed by atoms with E-state index in [9.17, 15) is 0 Å². The maximum absolute atomic E-state index is 6.30. The Kier molecular flexibility index (Phi) is 4.49. The van der Waals surface area contributed by atoms with Crippen LogP contribution in [0.5, 0.6) is 0 Å². The average Bonchev–Trinajstić information content (AvgIpc) is 2.81. The van der Waals surface area contributed by atoms with Crippen LogP contribution in [0.2, 0.25) is 0 Å². The van der Waals surface area contributed by atoms with Gasteiger partial charge in [-0.25, -0.2) is 0 Å². The molecule has 0 aromatic heterocycles. The molecular weight excluding hydrogens is 182 g/mol. The molecule has 0 bridgehead atoms. The molecule has 1 unspecified atom stereocenters. The van der Waals surface area contributed by atoms with Gasteiger partial charge in [-0.2, -0.15) is 0 Å². The first-order valence-corrected chi connectivity index (χ1v) is 7.12. The van der Waals surface area contributed by atoms with Crippen molar-refractivity contribution in [2.45, 2.75) is 76.7 Å². The van der Waals surface area contributed by atoms with Gasteiger partial charge < -0.3 is 5.73 Å². The Bertz CT molecular complexity index is 166. The van der Waals surface area contributed by atoms with Gasteiger partial charge in [0.15, 0.2) is 0 Å². The first-order valence-electron chi connectivity index (χ1n) is 7.12. The van der Waals surface area contributed by atoms with Crippen molar-refractivity contribution in [1.82, 2.24) is 0 Å². The lowest BCUT2D eigenvalue weighted by Crippen LogP contribution is -2.29. The first kappa shape index (κ1) is 11.4. The Balaban J connectivity index is 1.63. The van der Waals surface area contributed by atoms with Gasteiger partial charge in [-0.05, 0) is 37.5 Å². The molecule has 0 aromatic carbocycles. The van der Waals surface area contributed by atoms with Crippen LogP contribution < -0.4 is 5.73 Å². The summed E-state index contributed by atoms with van der Waals surface area (Å²) < 4.78 is 0. The summed E-state index contributed by atoms with van der Waals surface area (Å²) in [6.07, 6.45) is 15.8. The zero-order chi connectivity index (χ0) is 10.5. The summed E-state index contributed by atoms with van der Waals surface area (Å²) in [7, 11) is 0. The third-order valence-electron chi connectivity index (χ3n) is 4.64. The van der Waals surface area contributed by atoms with E-state index in [2.05, 4.69) is 0 Å². The lowest BCUT2D eigenvalue weighted by Gasteiger charge is -2.25. The number of nitrogens with two attached hydrogens (primary N) is 1. The quantitative estimate of drug-likeness (QED) is 0.747. The molecule has 0 saturated heterocycles. The van der Waals surface area contributed by atoms with Crippen LogP contribution in [-0.4, -0.2) is 6.04 Å². The summed E-state index contributed by atoms with van der Waals surface area (Å²) in [4.78, 5) is 0. The van der Waals surface area contributed by atoms with E-state index in [1.807, 2.05) is 0 Å². The van der Waals surface area contributed by atoms with Gasteiger partial charge in [-0.15, -0.1) is 0 Å². The minimum atomic E-state index is 0.523. The minimum Gasteiger partial charge on any atom is -0.327 e. The van der Waals surface area contributed by atoms with E-state index in [-0.39, 0.29) is 0 Å². The van der Waals surface area contributed by atoms with E-state index in [0.717, 1.165) is 11.8 Å². The van der Waals surface area contributed by atoms with Gasteiger partial charge in [-0.3, -0.25) is 0 Å². The van der Waals surface area contributed by atoms with Crippen LogP contribution in [0.15, 0.2) is 0 Å². The molecule has 2 N–H and O–H groups in total. The summed E-state index contributed by atoms with van der Waals surface area (Å²) in [5, 5.41) is 0. The lowest BCUT2D eigenvalue weighted by atomic mass is 9.83. The van der Waals surface area contributed by atoms with Crippen LogP contribution in [0.25, 0.3) is 0 Å². The molecule has 0 heterocycles. The van der Waals surface area contributed by atoms with Gasteiger partial charge in [0.05, 0.1) is 0 Å². The standard InChI is InChI=1S/C14H27N/c15-14(13-8-4-5-9-13)11-10-12-6-2-1-3-7-12/h12-14H,1-11,15H2. The van der Waals surface area contributed by atoms with Crippen molar-refractivity contribution in [2.24, 2.45) is 17.6 Å². The largest absolute Gasteiger partial charge is 0.327 e. The van der Waals surface area contributed by atoms with Crippen molar-refractivity contribution in [2.75, 3.05) is 0 Å². The Morgan fingerprint density at radius 2 is 1.47 bits per heavy atom. The molecule has 1 heteroatoms. The molecule has 0 aromatic rings. The summed E-state index contributed by atoms with van der Waals surface area (Å²) in [6, 6.07) is 0.523. The van der Waals surface area contributed by atoms with Crippen LogP contribution in [0.1, 0.15) is 70.6 Å². The first-order chi connectivity index (χ1) is 7.36. The SMILES string of the molecule is NC(CCC1CCCCC1)C1CCCC1. The normalized spacial score (nSPS) is 27.0. The average molecular weight is 209 g/mol. The van der Waals surface area contributed by atoms with Crippen LogP contribution in [0, 0.1) is 11.8 Å². The fourth-order valence-corrected chi connectivity index (χ4v) is 3.53. The maximum atomic E-state index is 6.30. The van der Waals surface area contributed by atoms with E-state index in [4.69, 9.17) is 5.73 Å². The molecule has 1 nitrogen and oxygen atoms in total. The summed E-state index contributed by atoms with van der Waals surface area (Å²) in [5.41, 5.74) is 6.30. The highest BCUT2D eigenvalue weighted by Crippen LogP contribution is 2.32. The molecule has 0 aliphatic heterocycles. The molecule has 2 rings (SSSR count). The molecule has 2 aliphatic rings. The Morgan fingerprint density at radius 1 is 0.867 bits per heavy atom. The molecule has 88 valence electrons. The minimum absolute atomic E-state index is 0.523. The van der Waals surface area contributed by atoms with Crippen molar-refractivity contribution in [3.05, 3.63) is 0 Å². The molecule has 0 amide bonds. The molecule has 2 fully saturated rings. The van der Waals surface area contributed by atoms with Gasteiger partial charge in [0.2, 0.25) is 0 Å². The number of rotatable bonds is 4. The maximum Gasteiger partial charge on any atom is 0.00672 e. The highest BCUT2D eigenvalue weighted by molar-refractivity contribution is 4.79. The van der Waals surface area contributed by atoms with E-state index in [1.165, 1.54) is 70.6 Å². The third kappa shape index (κ3) is 3.48. The zero-order valence-corrected chi connectivity index (χ0v) is 10.1. The van der Waals surface area contributed by atoms with Crippen LogP contribution in [-0.2, 0) is 0 Å². The van der Waals surface area contributed by atoms with E-state index < -0.39 is 0 Å². The summed E-state index contributed by atoms with van der Waals surface area (Å²) in [6.45, 7) is 0. The summed E-state index contributed by atoms with van der Waals surface area (Å²) in [5.74, 6) is 1.89. The fraction of sp³-hybridized carbons (Fsp3) is 1.00. The van der Waals surface area contributed by atoms with Crippen molar-refractivity contribution in [1.29, 1.82) is 0 Å². The van der Waals surface area contributed by atoms with Gasteiger partial charge in [0, 0.05) is 6.04 Å². The van der Waals surface area contributed by atoms with E-state index in [1.54, 1.807) is 0 Å². The van der Waals surface area contributed by atoms with Crippen LogP contribution in [0.4, 0.5) is 0 Å². The van der Waals surface area contributed by atoms with Gasteiger partial charge in [-0.1, -0.05) is 44.9 Å². The number of hydrogen-bond donors (Lipinski definition) is 1. The molecule has 2 aliphatic carbocycles. The molecule has 0 radical (unpaired) electrons. The smallest absolute Gasteiger partial charge is 0.00672 e. The molecule has 15 heavy (non-hydrogen) atoms. The monoisotopic (exact) mass is 209 g/mol. The summed E-state index contributed by atoms with van der Waals surface area (Å²) >= 11 is 0. The molecule has 1 atom stereocenters. The zero-order valence-electron chi connectivity index (χ0n) is 10.1. The molecule has 2 saturated carbocycles. The number of hydrogen-bond acceptors (Lipinski definition) is 1. The predicted molar refractivity (Wildman–Crippen MR) is 65.7 cm³/mol. The second-order valence-electron chi connectivity index (χ2n) is 5.79. The second-order valence-corrected chi connectivity index (χ2v) is 5.79. The van der Waals surface area contributed by atoms with Crippen molar-refractivity contribution < 1.29 is 0 Å².